The van der Waals surface area contributed by atoms with Crippen LogP contribution in [0.1, 0.15) is 25.3 Å². The van der Waals surface area contributed by atoms with Gasteiger partial charge in [0.25, 0.3) is 0 Å². The Labute approximate surface area is 124 Å². The van der Waals surface area contributed by atoms with Crippen LogP contribution in [0.2, 0.25) is 0 Å². The summed E-state index contributed by atoms with van der Waals surface area (Å²) in [5.74, 6) is 0.389. The molecule has 7 heteroatoms. The molecule has 0 amide bonds. The standard InChI is InChI=1S/C13H22N2O3S2/c1-2-14-8-12-7-13(19-10-12)20(16,17)15-9-11-3-5-18-6-4-11/h7,10-11,14-15H,2-6,8-9H2,1H3. The molecule has 0 saturated carbocycles. The zero-order valence-corrected chi connectivity index (χ0v) is 13.4. The lowest BCUT2D eigenvalue weighted by Crippen LogP contribution is -2.31. The number of ether oxygens (including phenoxy) is 1. The summed E-state index contributed by atoms with van der Waals surface area (Å²) >= 11 is 1.28. The topological polar surface area (TPSA) is 67.4 Å². The Morgan fingerprint density at radius 1 is 1.40 bits per heavy atom. The van der Waals surface area contributed by atoms with Gasteiger partial charge in [-0.25, -0.2) is 13.1 Å². The summed E-state index contributed by atoms with van der Waals surface area (Å²) in [6.45, 7) is 5.59. The first-order valence-corrected chi connectivity index (χ1v) is 9.33. The fourth-order valence-electron chi connectivity index (χ4n) is 2.11. The van der Waals surface area contributed by atoms with Crippen LogP contribution in [0.3, 0.4) is 0 Å². The van der Waals surface area contributed by atoms with Crippen LogP contribution >= 0.6 is 11.3 Å². The smallest absolute Gasteiger partial charge is 0.250 e. The second-order valence-corrected chi connectivity index (χ2v) is 7.87. The van der Waals surface area contributed by atoms with E-state index in [9.17, 15) is 8.42 Å². The van der Waals surface area contributed by atoms with Gasteiger partial charge in [-0.3, -0.25) is 0 Å². The van der Waals surface area contributed by atoms with Crippen molar-refractivity contribution in [1.29, 1.82) is 0 Å². The predicted molar refractivity (Wildman–Crippen MR) is 80.4 cm³/mol. The van der Waals surface area contributed by atoms with Gasteiger partial charge in [-0.1, -0.05) is 6.92 Å². The van der Waals surface area contributed by atoms with E-state index in [0.717, 1.165) is 38.2 Å². The quantitative estimate of drug-likeness (QED) is 0.801. The van der Waals surface area contributed by atoms with Crippen LogP contribution in [-0.2, 0) is 21.3 Å². The van der Waals surface area contributed by atoms with Gasteiger partial charge >= 0.3 is 0 Å². The molecule has 0 aliphatic carbocycles. The molecular weight excluding hydrogens is 296 g/mol. The van der Waals surface area contributed by atoms with Crippen LogP contribution in [0.25, 0.3) is 0 Å². The van der Waals surface area contributed by atoms with Gasteiger partial charge in [0.05, 0.1) is 0 Å². The molecule has 0 spiro atoms. The average Bonchev–Trinajstić information content (AvgIpc) is 2.94. The molecule has 5 nitrogen and oxygen atoms in total. The van der Waals surface area contributed by atoms with Crippen LogP contribution in [0, 0.1) is 5.92 Å². The molecular formula is C13H22N2O3S2. The van der Waals surface area contributed by atoms with Gasteiger partial charge in [-0.05, 0) is 42.3 Å². The Bertz CT molecular complexity index is 507. The number of hydrogen-bond acceptors (Lipinski definition) is 5. The molecule has 1 fully saturated rings. The van der Waals surface area contributed by atoms with Crippen LogP contribution in [0.15, 0.2) is 15.7 Å². The Kier molecular flexibility index (Phi) is 5.98. The number of thiophene rings is 1. The lowest BCUT2D eigenvalue weighted by Gasteiger charge is -2.21. The largest absolute Gasteiger partial charge is 0.381 e. The first-order chi connectivity index (χ1) is 9.62. The molecule has 0 radical (unpaired) electrons. The van der Waals surface area contributed by atoms with Gasteiger partial charge in [0.15, 0.2) is 0 Å². The highest BCUT2D eigenvalue weighted by molar-refractivity contribution is 7.91. The van der Waals surface area contributed by atoms with Crippen molar-refractivity contribution in [1.82, 2.24) is 10.0 Å². The Morgan fingerprint density at radius 3 is 2.85 bits per heavy atom. The number of sulfonamides is 1. The molecule has 20 heavy (non-hydrogen) atoms. The van der Waals surface area contributed by atoms with Gasteiger partial charge in [0.1, 0.15) is 4.21 Å². The van der Waals surface area contributed by atoms with E-state index >= 15 is 0 Å². The Morgan fingerprint density at radius 2 is 2.15 bits per heavy atom. The number of hydrogen-bond donors (Lipinski definition) is 2. The summed E-state index contributed by atoms with van der Waals surface area (Å²) in [5, 5.41) is 5.09. The second-order valence-electron chi connectivity index (χ2n) is 4.96. The van der Waals surface area contributed by atoms with E-state index in [2.05, 4.69) is 10.0 Å². The van der Waals surface area contributed by atoms with Crippen LogP contribution in [-0.4, -0.2) is 34.7 Å². The SMILES string of the molecule is CCNCc1csc(S(=O)(=O)NCC2CCOCC2)c1. The molecule has 0 aromatic carbocycles. The van der Waals surface area contributed by atoms with E-state index in [-0.39, 0.29) is 0 Å². The third-order valence-electron chi connectivity index (χ3n) is 3.38. The minimum Gasteiger partial charge on any atom is -0.381 e. The molecule has 2 rings (SSSR count). The number of nitrogens with one attached hydrogen (secondary N) is 2. The van der Waals surface area contributed by atoms with Gasteiger partial charge in [0.2, 0.25) is 10.0 Å². The second kappa shape index (κ2) is 7.51. The third-order valence-corrected chi connectivity index (χ3v) is 6.29. The van der Waals surface area contributed by atoms with Gasteiger partial charge < -0.3 is 10.1 Å². The molecule has 1 aliphatic heterocycles. The highest BCUT2D eigenvalue weighted by Gasteiger charge is 2.20. The predicted octanol–water partition coefficient (Wildman–Crippen LogP) is 1.56. The number of rotatable bonds is 7. The van der Waals surface area contributed by atoms with Crippen LogP contribution in [0.4, 0.5) is 0 Å². The molecule has 0 unspecified atom stereocenters. The minimum atomic E-state index is -3.36. The van der Waals surface area contributed by atoms with Crippen LogP contribution < -0.4 is 10.0 Å². The van der Waals surface area contributed by atoms with Crippen molar-refractivity contribution in [2.24, 2.45) is 5.92 Å². The summed E-state index contributed by atoms with van der Waals surface area (Å²) in [5.41, 5.74) is 1.02. The highest BCUT2D eigenvalue weighted by Crippen LogP contribution is 2.21. The monoisotopic (exact) mass is 318 g/mol. The Hall–Kier alpha value is -0.470. The maximum atomic E-state index is 12.2. The lowest BCUT2D eigenvalue weighted by atomic mass is 10.0. The summed E-state index contributed by atoms with van der Waals surface area (Å²) in [4.78, 5) is 0. The van der Waals surface area contributed by atoms with E-state index < -0.39 is 10.0 Å². The third kappa shape index (κ3) is 4.53. The molecule has 114 valence electrons. The lowest BCUT2D eigenvalue weighted by molar-refractivity contribution is 0.0678. The zero-order chi connectivity index (χ0) is 14.4. The van der Waals surface area contributed by atoms with E-state index in [1.165, 1.54) is 11.3 Å². The van der Waals surface area contributed by atoms with E-state index in [1.54, 1.807) is 6.07 Å². The molecule has 0 bridgehead atoms. The zero-order valence-electron chi connectivity index (χ0n) is 11.7. The van der Waals surface area contributed by atoms with E-state index in [4.69, 9.17) is 4.74 Å². The molecule has 1 aromatic heterocycles. The maximum Gasteiger partial charge on any atom is 0.250 e. The van der Waals surface area contributed by atoms with Crippen molar-refractivity contribution in [2.75, 3.05) is 26.3 Å². The molecule has 1 saturated heterocycles. The van der Waals surface area contributed by atoms with E-state index in [0.29, 0.717) is 23.2 Å². The highest BCUT2D eigenvalue weighted by atomic mass is 32.2. The molecule has 1 aromatic rings. The summed E-state index contributed by atoms with van der Waals surface area (Å²) in [7, 11) is -3.36. The summed E-state index contributed by atoms with van der Waals surface area (Å²) < 4.78 is 32.8. The normalized spacial score (nSPS) is 17.4. The van der Waals surface area contributed by atoms with Gasteiger partial charge in [-0.2, -0.15) is 0 Å². The van der Waals surface area contributed by atoms with Crippen molar-refractivity contribution in [3.05, 3.63) is 17.0 Å². The Balaban J connectivity index is 1.90. The van der Waals surface area contributed by atoms with Crippen molar-refractivity contribution in [3.8, 4) is 0 Å². The first-order valence-electron chi connectivity index (χ1n) is 6.97. The molecule has 2 N–H and O–H groups in total. The van der Waals surface area contributed by atoms with Gasteiger partial charge in [0, 0.05) is 26.3 Å². The maximum absolute atomic E-state index is 12.2. The van der Waals surface area contributed by atoms with Crippen molar-refractivity contribution < 1.29 is 13.2 Å². The first kappa shape index (κ1) is 15.9. The van der Waals surface area contributed by atoms with Crippen molar-refractivity contribution in [2.45, 2.75) is 30.5 Å². The average molecular weight is 318 g/mol. The fraction of sp³-hybridized carbons (Fsp3) is 0.692. The molecule has 0 atom stereocenters. The van der Waals surface area contributed by atoms with Crippen molar-refractivity contribution in [3.63, 3.8) is 0 Å². The fourth-order valence-corrected chi connectivity index (χ4v) is 4.48. The van der Waals surface area contributed by atoms with E-state index in [1.807, 2.05) is 12.3 Å². The van der Waals surface area contributed by atoms with Crippen LogP contribution in [0.5, 0.6) is 0 Å². The molecule has 1 aliphatic rings. The summed E-state index contributed by atoms with van der Waals surface area (Å²) in [6, 6.07) is 1.75. The van der Waals surface area contributed by atoms with Gasteiger partial charge in [-0.15, -0.1) is 11.3 Å². The molecule has 2 heterocycles. The minimum absolute atomic E-state index is 0.389. The summed E-state index contributed by atoms with van der Waals surface area (Å²) in [6.07, 6.45) is 1.86. The van der Waals surface area contributed by atoms with Crippen molar-refractivity contribution >= 4 is 21.4 Å².